The van der Waals surface area contributed by atoms with Crippen molar-refractivity contribution in [3.05, 3.63) is 11.5 Å². The molecule has 1 atom stereocenters. The maximum Gasteiger partial charge on any atom is 0.361 e. The molecule has 1 unspecified atom stereocenters. The highest BCUT2D eigenvalue weighted by molar-refractivity contribution is 5.99. The van der Waals surface area contributed by atoms with Gasteiger partial charge in [0.2, 0.25) is 12.7 Å². The molecule has 0 bridgehead atoms. The van der Waals surface area contributed by atoms with E-state index in [-0.39, 0.29) is 29.8 Å². The number of hydrogen-bond acceptors (Lipinski definition) is 7. The molecule has 8 nitrogen and oxygen atoms in total. The Morgan fingerprint density at radius 2 is 1.83 bits per heavy atom. The topological polar surface area (TPSA) is 99.2 Å². The maximum absolute atomic E-state index is 12.1. The molecule has 126 valence electrons. The quantitative estimate of drug-likeness (QED) is 0.429. The van der Waals surface area contributed by atoms with Gasteiger partial charge in [-0.1, -0.05) is 0 Å². The van der Waals surface area contributed by atoms with Gasteiger partial charge in [0.05, 0.1) is 11.5 Å². The van der Waals surface area contributed by atoms with Gasteiger partial charge in [0, 0.05) is 19.8 Å². The van der Waals surface area contributed by atoms with E-state index in [9.17, 15) is 19.2 Å². The monoisotopic (exact) mass is 325 g/mol. The van der Waals surface area contributed by atoms with Crippen LogP contribution in [0.25, 0.3) is 0 Å². The second kappa shape index (κ2) is 6.02. The summed E-state index contributed by atoms with van der Waals surface area (Å²) in [5.74, 6) is -2.10. The van der Waals surface area contributed by atoms with Crippen molar-refractivity contribution in [3.63, 3.8) is 0 Å². The number of ether oxygens (including phenoxy) is 3. The molecule has 0 radical (unpaired) electrons. The van der Waals surface area contributed by atoms with Gasteiger partial charge >= 0.3 is 17.9 Å². The Kier molecular flexibility index (Phi) is 4.44. The van der Waals surface area contributed by atoms with E-state index in [0.717, 1.165) is 0 Å². The van der Waals surface area contributed by atoms with Gasteiger partial charge in [0.25, 0.3) is 0 Å². The summed E-state index contributed by atoms with van der Waals surface area (Å²) in [4.78, 5) is 47.7. The lowest BCUT2D eigenvalue weighted by Crippen LogP contribution is -2.49. The van der Waals surface area contributed by atoms with Gasteiger partial charge in [-0.15, -0.1) is 0 Å². The fourth-order valence-electron chi connectivity index (χ4n) is 2.30. The number of nitrogens with zero attached hydrogens (tertiary/aromatic N) is 1. The van der Waals surface area contributed by atoms with E-state index in [1.807, 2.05) is 0 Å². The summed E-state index contributed by atoms with van der Waals surface area (Å²) in [5, 5.41) is 0. The summed E-state index contributed by atoms with van der Waals surface area (Å²) in [6.45, 7) is 5.63. The third-order valence-electron chi connectivity index (χ3n) is 3.42. The summed E-state index contributed by atoms with van der Waals surface area (Å²) < 4.78 is 14.7. The molecule has 8 heteroatoms. The van der Waals surface area contributed by atoms with Crippen LogP contribution in [-0.4, -0.2) is 41.5 Å². The van der Waals surface area contributed by atoms with Crippen LogP contribution in [0.2, 0.25) is 0 Å². The van der Waals surface area contributed by atoms with Crippen molar-refractivity contribution in [1.82, 2.24) is 4.90 Å². The lowest BCUT2D eigenvalue weighted by atomic mass is 9.98. The normalized spacial score (nSPS) is 19.9. The number of hydrogen-bond donors (Lipinski definition) is 0. The zero-order valence-corrected chi connectivity index (χ0v) is 13.5. The summed E-state index contributed by atoms with van der Waals surface area (Å²) in [5.41, 5.74) is -0.811. The lowest BCUT2D eigenvalue weighted by Gasteiger charge is -2.34. The molecule has 1 amide bonds. The molecule has 23 heavy (non-hydrogen) atoms. The van der Waals surface area contributed by atoms with E-state index in [0.29, 0.717) is 6.42 Å². The smallest absolute Gasteiger partial charge is 0.361 e. The van der Waals surface area contributed by atoms with Crippen molar-refractivity contribution < 1.29 is 33.4 Å². The van der Waals surface area contributed by atoms with Crippen LogP contribution in [0, 0.1) is 5.41 Å². The number of rotatable bonds is 4. The van der Waals surface area contributed by atoms with Crippen molar-refractivity contribution in [2.24, 2.45) is 5.41 Å². The van der Waals surface area contributed by atoms with Crippen LogP contribution in [0.4, 0.5) is 0 Å². The second-order valence-electron chi connectivity index (χ2n) is 6.42. The third kappa shape index (κ3) is 3.52. The van der Waals surface area contributed by atoms with Gasteiger partial charge in [-0.3, -0.25) is 19.3 Å². The standard InChI is InChI=1S/C15H19NO7/c1-8(17)23-10-5-9-6-11(18)16(9)12(10)13(19)21-7-22-14(20)15(2,3)4/h9H,5-7H2,1-4H3. The maximum atomic E-state index is 12.1. The van der Waals surface area contributed by atoms with Crippen LogP contribution in [0.15, 0.2) is 11.5 Å². The number of fused-ring (bicyclic) bond motifs is 1. The number of esters is 3. The molecule has 2 aliphatic heterocycles. The fraction of sp³-hybridized carbons (Fsp3) is 0.600. The predicted molar refractivity (Wildman–Crippen MR) is 75.2 cm³/mol. The Balaban J connectivity index is 2.02. The van der Waals surface area contributed by atoms with Crippen molar-refractivity contribution in [3.8, 4) is 0 Å². The molecule has 1 saturated heterocycles. The van der Waals surface area contributed by atoms with E-state index in [1.165, 1.54) is 11.8 Å². The van der Waals surface area contributed by atoms with E-state index in [2.05, 4.69) is 0 Å². The molecule has 0 aliphatic carbocycles. The van der Waals surface area contributed by atoms with Gasteiger partial charge in [0.15, 0.2) is 5.70 Å². The van der Waals surface area contributed by atoms with Crippen LogP contribution in [-0.2, 0) is 33.4 Å². The Morgan fingerprint density at radius 3 is 2.35 bits per heavy atom. The molecule has 2 aliphatic rings. The van der Waals surface area contributed by atoms with E-state index in [4.69, 9.17) is 14.2 Å². The van der Waals surface area contributed by atoms with Crippen LogP contribution in [0.5, 0.6) is 0 Å². The molecule has 0 saturated carbocycles. The van der Waals surface area contributed by atoms with Gasteiger partial charge < -0.3 is 14.2 Å². The first-order chi connectivity index (χ1) is 10.6. The Morgan fingerprint density at radius 1 is 1.17 bits per heavy atom. The zero-order chi connectivity index (χ0) is 17.4. The minimum Gasteiger partial charge on any atom is -0.429 e. The lowest BCUT2D eigenvalue weighted by molar-refractivity contribution is -0.173. The van der Waals surface area contributed by atoms with Crippen LogP contribution < -0.4 is 0 Å². The van der Waals surface area contributed by atoms with Crippen molar-refractivity contribution in [2.75, 3.05) is 6.79 Å². The van der Waals surface area contributed by atoms with Gasteiger partial charge in [-0.05, 0) is 20.8 Å². The molecule has 1 fully saturated rings. The molecule has 2 rings (SSSR count). The minimum absolute atomic E-state index is 0.0896. The number of carbonyl (C=O) groups is 4. The summed E-state index contributed by atoms with van der Waals surface area (Å²) in [6.07, 6.45) is 0.581. The first-order valence-corrected chi connectivity index (χ1v) is 7.19. The molecule has 2 heterocycles. The first kappa shape index (κ1) is 17.0. The summed E-state index contributed by atoms with van der Waals surface area (Å²) >= 11 is 0. The highest BCUT2D eigenvalue weighted by Crippen LogP contribution is 2.39. The fourth-order valence-corrected chi connectivity index (χ4v) is 2.30. The second-order valence-corrected chi connectivity index (χ2v) is 6.42. The molecule has 0 aromatic carbocycles. The Labute approximate surface area is 133 Å². The zero-order valence-electron chi connectivity index (χ0n) is 13.5. The van der Waals surface area contributed by atoms with E-state index in [1.54, 1.807) is 20.8 Å². The Bertz CT molecular complexity index is 599. The van der Waals surface area contributed by atoms with Crippen LogP contribution >= 0.6 is 0 Å². The number of β-lactam (4-membered cyclic amide) rings is 1. The van der Waals surface area contributed by atoms with E-state index >= 15 is 0 Å². The third-order valence-corrected chi connectivity index (χ3v) is 3.42. The Hall–Kier alpha value is -2.38. The first-order valence-electron chi connectivity index (χ1n) is 7.19. The molecule has 0 N–H and O–H groups in total. The molecule has 0 aromatic heterocycles. The highest BCUT2D eigenvalue weighted by Gasteiger charge is 2.49. The van der Waals surface area contributed by atoms with E-state index < -0.39 is 30.1 Å². The molecular formula is C15H19NO7. The molecular weight excluding hydrogens is 306 g/mol. The van der Waals surface area contributed by atoms with Gasteiger partial charge in [-0.2, -0.15) is 0 Å². The average Bonchev–Trinajstić information content (AvgIpc) is 2.69. The molecule has 0 spiro atoms. The highest BCUT2D eigenvalue weighted by atomic mass is 16.7. The number of carbonyl (C=O) groups excluding carboxylic acids is 4. The molecule has 0 aromatic rings. The number of amides is 1. The van der Waals surface area contributed by atoms with Gasteiger partial charge in [-0.25, -0.2) is 4.79 Å². The van der Waals surface area contributed by atoms with Crippen LogP contribution in [0.1, 0.15) is 40.5 Å². The van der Waals surface area contributed by atoms with Crippen molar-refractivity contribution in [2.45, 2.75) is 46.6 Å². The van der Waals surface area contributed by atoms with Crippen LogP contribution in [0.3, 0.4) is 0 Å². The van der Waals surface area contributed by atoms with Crippen molar-refractivity contribution in [1.29, 1.82) is 0 Å². The average molecular weight is 325 g/mol. The SMILES string of the molecule is CC(=O)OC1=C(C(=O)OCOC(=O)C(C)(C)C)N2C(=O)CC2C1. The minimum atomic E-state index is -0.862. The largest absolute Gasteiger partial charge is 0.429 e. The predicted octanol–water partition coefficient (Wildman–Crippen LogP) is 0.856. The van der Waals surface area contributed by atoms with Gasteiger partial charge in [0.1, 0.15) is 5.76 Å². The van der Waals surface area contributed by atoms with Crippen molar-refractivity contribution >= 4 is 23.8 Å². The summed E-state index contributed by atoms with van der Waals surface area (Å²) in [6, 6.07) is -0.184. The summed E-state index contributed by atoms with van der Waals surface area (Å²) in [7, 11) is 0.